The normalized spacial score (nSPS) is 15.3. The first kappa shape index (κ1) is 26.8. The molecule has 0 N–H and O–H groups in total. The third-order valence-electron chi connectivity index (χ3n) is 6.85. The van der Waals surface area contributed by atoms with Crippen LogP contribution in [0.1, 0.15) is 54.4 Å². The van der Waals surface area contributed by atoms with Crippen LogP contribution in [-0.2, 0) is 9.59 Å². The Hall–Kier alpha value is -3.40. The highest BCUT2D eigenvalue weighted by atomic mass is 16.5. The Morgan fingerprint density at radius 2 is 1.44 bits per heavy atom. The van der Waals surface area contributed by atoms with E-state index in [1.54, 1.807) is 31.2 Å². The molecule has 2 atom stereocenters. The molecule has 0 bridgehead atoms. The van der Waals surface area contributed by atoms with Crippen molar-refractivity contribution >= 4 is 11.8 Å². The first-order valence-electron chi connectivity index (χ1n) is 11.7. The van der Waals surface area contributed by atoms with Crippen molar-refractivity contribution < 1.29 is 19.1 Å². The van der Waals surface area contributed by atoms with Gasteiger partial charge in [0, 0.05) is 0 Å². The van der Waals surface area contributed by atoms with Gasteiger partial charge >= 0.3 is 5.97 Å². The lowest BCUT2D eigenvalue weighted by molar-refractivity contribution is -0.139. The molecule has 0 heterocycles. The lowest BCUT2D eigenvalue weighted by Gasteiger charge is -2.44. The summed E-state index contributed by atoms with van der Waals surface area (Å²) in [6.45, 7) is 15.2. The van der Waals surface area contributed by atoms with Crippen molar-refractivity contribution in [2.45, 2.75) is 60.0 Å². The van der Waals surface area contributed by atoms with Crippen molar-refractivity contribution in [3.05, 3.63) is 85.0 Å². The Balaban J connectivity index is 2.16. The topological polar surface area (TPSA) is 52.6 Å². The minimum absolute atomic E-state index is 0.134. The predicted octanol–water partition coefficient (Wildman–Crippen LogP) is 7.50. The van der Waals surface area contributed by atoms with Crippen LogP contribution < -0.4 is 9.47 Å². The fourth-order valence-electron chi connectivity index (χ4n) is 3.85. The van der Waals surface area contributed by atoms with Crippen molar-refractivity contribution in [1.29, 1.82) is 0 Å². The summed E-state index contributed by atoms with van der Waals surface area (Å²) in [5, 5.41) is 0. The first-order chi connectivity index (χ1) is 16.1. The number of esters is 1. The molecule has 0 aliphatic heterocycles. The Morgan fingerprint density at radius 1 is 0.912 bits per heavy atom. The average molecular weight is 461 g/mol. The van der Waals surface area contributed by atoms with Crippen molar-refractivity contribution in [2.75, 3.05) is 0 Å². The lowest BCUT2D eigenvalue weighted by Crippen LogP contribution is -2.52. The second-order valence-electron chi connectivity index (χ2n) is 8.72. The second-order valence-corrected chi connectivity index (χ2v) is 8.72. The molecule has 0 spiro atoms. The van der Waals surface area contributed by atoms with Crippen LogP contribution in [0.15, 0.2) is 85.0 Å². The highest BCUT2D eigenvalue weighted by Gasteiger charge is 2.47. The van der Waals surface area contributed by atoms with Gasteiger partial charge in [0.25, 0.3) is 0 Å². The number of hydrogen-bond acceptors (Lipinski definition) is 4. The standard InChI is InChI=1S/C30H36O4/c1-8-12-13-23(9-2)28(32)33-26-18-14-24(15-19-26)25-16-20-27(21-17-25)34-30(7,11-4)29(6,10-3)22(5)31/h8-9,12-21H,2,10-11H2,1,3-7H3/b12-8-,23-13+. The third-order valence-corrected chi connectivity index (χ3v) is 6.85. The van der Waals surface area contributed by atoms with E-state index in [-0.39, 0.29) is 5.78 Å². The second kappa shape index (κ2) is 11.6. The molecule has 0 fully saturated rings. The molecule has 2 aromatic carbocycles. The maximum Gasteiger partial charge on any atom is 0.343 e. The molecule has 180 valence electrons. The van der Waals surface area contributed by atoms with E-state index in [2.05, 4.69) is 6.58 Å². The van der Waals surface area contributed by atoms with Gasteiger partial charge in [-0.1, -0.05) is 62.9 Å². The molecule has 0 aliphatic rings. The van der Waals surface area contributed by atoms with Crippen LogP contribution in [0.2, 0.25) is 0 Å². The quantitative estimate of drug-likeness (QED) is 0.151. The van der Waals surface area contributed by atoms with Crippen LogP contribution in [0.5, 0.6) is 11.5 Å². The molecule has 0 aliphatic carbocycles. The van der Waals surface area contributed by atoms with Gasteiger partial charge in [-0.05, 0) is 82.0 Å². The summed E-state index contributed by atoms with van der Waals surface area (Å²) in [4.78, 5) is 24.7. The van der Waals surface area contributed by atoms with Gasteiger partial charge in [0.2, 0.25) is 0 Å². The molecule has 0 saturated heterocycles. The zero-order valence-electron chi connectivity index (χ0n) is 21.2. The van der Waals surface area contributed by atoms with E-state index >= 15 is 0 Å². The van der Waals surface area contributed by atoms with Gasteiger partial charge in [0.05, 0.1) is 11.0 Å². The molecule has 2 unspecified atom stereocenters. The Morgan fingerprint density at radius 3 is 1.85 bits per heavy atom. The molecule has 0 radical (unpaired) electrons. The minimum Gasteiger partial charge on any atom is -0.487 e. The molecular formula is C30H36O4. The van der Waals surface area contributed by atoms with E-state index < -0.39 is 17.0 Å². The summed E-state index contributed by atoms with van der Waals surface area (Å²) < 4.78 is 11.8. The maximum absolute atomic E-state index is 12.4. The van der Waals surface area contributed by atoms with Crippen molar-refractivity contribution in [2.24, 2.45) is 5.41 Å². The van der Waals surface area contributed by atoms with Crippen LogP contribution >= 0.6 is 0 Å². The molecule has 0 saturated carbocycles. The van der Waals surface area contributed by atoms with Crippen molar-refractivity contribution in [3.8, 4) is 22.6 Å². The summed E-state index contributed by atoms with van der Waals surface area (Å²) in [5.74, 6) is 0.869. The van der Waals surface area contributed by atoms with E-state index in [1.165, 1.54) is 6.08 Å². The number of rotatable bonds is 11. The average Bonchev–Trinajstić information content (AvgIpc) is 2.84. The van der Waals surface area contributed by atoms with Gasteiger partial charge in [-0.15, -0.1) is 0 Å². The van der Waals surface area contributed by atoms with Gasteiger partial charge < -0.3 is 9.47 Å². The maximum atomic E-state index is 12.4. The van der Waals surface area contributed by atoms with E-state index in [0.717, 1.165) is 23.3 Å². The predicted molar refractivity (Wildman–Crippen MR) is 139 cm³/mol. The van der Waals surface area contributed by atoms with Gasteiger partial charge in [0.15, 0.2) is 0 Å². The van der Waals surface area contributed by atoms with E-state index in [1.807, 2.05) is 77.1 Å². The Labute approximate surface area is 204 Å². The SMILES string of the molecule is C=C/C(=C\C=C/C)C(=O)Oc1ccc(-c2ccc(OC(C)(CC)C(C)(CC)C(C)=O)cc2)cc1. The minimum atomic E-state index is -0.605. The molecule has 0 aromatic heterocycles. The zero-order chi connectivity index (χ0) is 25.4. The molecule has 34 heavy (non-hydrogen) atoms. The van der Waals surface area contributed by atoms with Gasteiger partial charge in [-0.25, -0.2) is 4.79 Å². The highest BCUT2D eigenvalue weighted by molar-refractivity contribution is 5.93. The number of hydrogen-bond donors (Lipinski definition) is 0. The monoisotopic (exact) mass is 460 g/mol. The largest absolute Gasteiger partial charge is 0.487 e. The van der Waals surface area contributed by atoms with Gasteiger partial charge in [0.1, 0.15) is 22.9 Å². The number of carbonyl (C=O) groups is 2. The Kier molecular flexibility index (Phi) is 9.19. The van der Waals surface area contributed by atoms with Crippen LogP contribution in [-0.4, -0.2) is 17.4 Å². The molecule has 4 heteroatoms. The number of Topliss-reactive ketones (excluding diaryl/α,β-unsaturated/α-hetero) is 1. The molecule has 0 amide bonds. The van der Waals surface area contributed by atoms with E-state index in [0.29, 0.717) is 17.7 Å². The van der Waals surface area contributed by atoms with Gasteiger partial charge in [-0.3, -0.25) is 4.79 Å². The number of carbonyl (C=O) groups excluding carboxylic acids is 2. The number of ketones is 1. The van der Waals surface area contributed by atoms with Crippen molar-refractivity contribution in [1.82, 2.24) is 0 Å². The summed E-state index contributed by atoms with van der Waals surface area (Å²) >= 11 is 0. The fraction of sp³-hybridized carbons (Fsp3) is 0.333. The number of allylic oxidation sites excluding steroid dienone is 3. The lowest BCUT2D eigenvalue weighted by atomic mass is 9.68. The smallest absolute Gasteiger partial charge is 0.343 e. The summed E-state index contributed by atoms with van der Waals surface area (Å²) in [6, 6.07) is 15.2. The summed E-state index contributed by atoms with van der Waals surface area (Å²) in [6.07, 6.45) is 8.16. The number of benzene rings is 2. The van der Waals surface area contributed by atoms with Crippen LogP contribution in [0.25, 0.3) is 11.1 Å². The molecule has 2 rings (SSSR count). The van der Waals surface area contributed by atoms with Crippen LogP contribution in [0, 0.1) is 5.41 Å². The molecular weight excluding hydrogens is 424 g/mol. The van der Waals surface area contributed by atoms with Crippen LogP contribution in [0.4, 0.5) is 0 Å². The molecule has 2 aromatic rings. The fourth-order valence-corrected chi connectivity index (χ4v) is 3.85. The Bertz CT molecular complexity index is 1060. The summed E-state index contributed by atoms with van der Waals surface area (Å²) in [7, 11) is 0. The number of ether oxygens (including phenoxy) is 2. The van der Waals surface area contributed by atoms with Crippen LogP contribution in [0.3, 0.4) is 0 Å². The van der Waals surface area contributed by atoms with E-state index in [4.69, 9.17) is 9.47 Å². The zero-order valence-corrected chi connectivity index (χ0v) is 21.2. The van der Waals surface area contributed by atoms with Crippen molar-refractivity contribution in [3.63, 3.8) is 0 Å². The van der Waals surface area contributed by atoms with Gasteiger partial charge in [-0.2, -0.15) is 0 Å². The third kappa shape index (κ3) is 5.93. The van der Waals surface area contributed by atoms with E-state index in [9.17, 15) is 9.59 Å². The highest BCUT2D eigenvalue weighted by Crippen LogP contribution is 2.41. The molecule has 4 nitrogen and oxygen atoms in total. The first-order valence-corrected chi connectivity index (χ1v) is 11.7. The summed E-state index contributed by atoms with van der Waals surface area (Å²) in [5.41, 5.74) is 1.21.